The second-order valence-electron chi connectivity index (χ2n) is 7.89. The molecule has 7 nitrogen and oxygen atoms in total. The summed E-state index contributed by atoms with van der Waals surface area (Å²) in [6.07, 6.45) is 4.50. The van der Waals surface area contributed by atoms with Gasteiger partial charge in [0.25, 0.3) is 5.91 Å². The van der Waals surface area contributed by atoms with E-state index in [9.17, 15) is 9.59 Å². The summed E-state index contributed by atoms with van der Waals surface area (Å²) in [7, 11) is 0. The third-order valence-corrected chi connectivity index (χ3v) is 6.86. The minimum Gasteiger partial charge on any atom is -0.324 e. The predicted octanol–water partition coefficient (Wildman–Crippen LogP) is 4.36. The summed E-state index contributed by atoms with van der Waals surface area (Å²) in [5.41, 5.74) is 2.88. The van der Waals surface area contributed by atoms with E-state index in [4.69, 9.17) is 0 Å². The molecule has 1 atom stereocenters. The minimum absolute atomic E-state index is 0.0444. The Hall–Kier alpha value is -3.13. The first-order chi connectivity index (χ1) is 15.1. The smallest absolute Gasteiger partial charge is 0.255 e. The summed E-state index contributed by atoms with van der Waals surface area (Å²) in [5.74, 6) is 1.67. The molecule has 0 fully saturated rings. The van der Waals surface area contributed by atoms with Crippen molar-refractivity contribution in [2.45, 2.75) is 49.3 Å². The van der Waals surface area contributed by atoms with Crippen molar-refractivity contribution in [2.24, 2.45) is 0 Å². The van der Waals surface area contributed by atoms with E-state index in [2.05, 4.69) is 25.4 Å². The number of carbonyl (C=O) groups excluding carboxylic acids is 2. The van der Waals surface area contributed by atoms with Crippen LogP contribution in [0.3, 0.4) is 0 Å². The molecule has 8 heteroatoms. The van der Waals surface area contributed by atoms with Gasteiger partial charge in [-0.1, -0.05) is 6.42 Å². The molecule has 5 rings (SSSR count). The van der Waals surface area contributed by atoms with E-state index in [-0.39, 0.29) is 17.1 Å². The fourth-order valence-corrected chi connectivity index (χ4v) is 4.88. The van der Waals surface area contributed by atoms with Crippen LogP contribution in [0, 0.1) is 0 Å². The summed E-state index contributed by atoms with van der Waals surface area (Å²) in [6.45, 7) is 2.81. The summed E-state index contributed by atoms with van der Waals surface area (Å²) in [5, 5.41) is 14.4. The van der Waals surface area contributed by atoms with Gasteiger partial charge in [-0.2, -0.15) is 0 Å². The van der Waals surface area contributed by atoms with Crippen molar-refractivity contribution in [3.05, 3.63) is 53.9 Å². The lowest BCUT2D eigenvalue weighted by Gasteiger charge is -2.21. The summed E-state index contributed by atoms with van der Waals surface area (Å²) >= 11 is 1.50. The number of aromatic nitrogens is 3. The zero-order valence-electron chi connectivity index (χ0n) is 17.2. The standard InChI is InChI=1S/C23H23N5O2S/c1-14-22(29)25-18-13-16(8-11-19(18)31-14)23(30)24-17-9-6-15(7-10-17)21-27-26-20-5-3-2-4-12-28(20)21/h6-11,13-14H,2-5,12H2,1H3,(H,24,30)(H,25,29)/t14-/m1/s1. The molecular weight excluding hydrogens is 410 g/mol. The monoisotopic (exact) mass is 433 g/mol. The van der Waals surface area contributed by atoms with Gasteiger partial charge in [0, 0.05) is 34.7 Å². The maximum Gasteiger partial charge on any atom is 0.255 e. The average Bonchev–Trinajstić information content (AvgIpc) is 3.02. The van der Waals surface area contributed by atoms with E-state index in [1.54, 1.807) is 12.1 Å². The van der Waals surface area contributed by atoms with Crippen LogP contribution in [0.2, 0.25) is 0 Å². The van der Waals surface area contributed by atoms with Gasteiger partial charge < -0.3 is 15.2 Å². The van der Waals surface area contributed by atoms with Gasteiger partial charge in [0.2, 0.25) is 5.91 Å². The highest BCUT2D eigenvalue weighted by atomic mass is 32.2. The molecule has 2 aliphatic heterocycles. The molecule has 1 aromatic heterocycles. The van der Waals surface area contributed by atoms with E-state index < -0.39 is 0 Å². The zero-order valence-corrected chi connectivity index (χ0v) is 18.0. The van der Waals surface area contributed by atoms with Crippen LogP contribution in [-0.4, -0.2) is 31.8 Å². The second kappa shape index (κ2) is 8.19. The van der Waals surface area contributed by atoms with Gasteiger partial charge in [0.05, 0.1) is 10.9 Å². The largest absolute Gasteiger partial charge is 0.324 e. The minimum atomic E-state index is -0.218. The first-order valence-electron chi connectivity index (χ1n) is 10.5. The van der Waals surface area contributed by atoms with E-state index >= 15 is 0 Å². The number of amides is 2. The third-order valence-electron chi connectivity index (χ3n) is 5.68. The molecule has 2 aromatic carbocycles. The molecule has 2 N–H and O–H groups in total. The van der Waals surface area contributed by atoms with Crippen LogP contribution in [0.25, 0.3) is 11.4 Å². The molecule has 3 heterocycles. The number of anilines is 2. The highest BCUT2D eigenvalue weighted by Crippen LogP contribution is 2.36. The van der Waals surface area contributed by atoms with E-state index in [1.807, 2.05) is 37.3 Å². The number of aryl methyl sites for hydroxylation is 1. The number of nitrogens with zero attached hydrogens (tertiary/aromatic N) is 3. The molecular formula is C23H23N5O2S. The van der Waals surface area contributed by atoms with Crippen LogP contribution in [0.4, 0.5) is 11.4 Å². The fraction of sp³-hybridized carbons (Fsp3) is 0.304. The predicted molar refractivity (Wildman–Crippen MR) is 121 cm³/mol. The van der Waals surface area contributed by atoms with Gasteiger partial charge in [-0.25, -0.2) is 0 Å². The third kappa shape index (κ3) is 3.95. The Labute approximate surface area is 184 Å². The second-order valence-corrected chi connectivity index (χ2v) is 9.28. The maximum atomic E-state index is 12.7. The van der Waals surface area contributed by atoms with Gasteiger partial charge in [-0.3, -0.25) is 9.59 Å². The van der Waals surface area contributed by atoms with E-state index in [0.29, 0.717) is 16.9 Å². The Morgan fingerprint density at radius 3 is 2.81 bits per heavy atom. The van der Waals surface area contributed by atoms with Crippen LogP contribution in [0.1, 0.15) is 42.4 Å². The molecule has 31 heavy (non-hydrogen) atoms. The van der Waals surface area contributed by atoms with Crippen molar-refractivity contribution in [3.8, 4) is 11.4 Å². The normalized spacial score (nSPS) is 17.8. The molecule has 0 unspecified atom stereocenters. The number of hydrogen-bond donors (Lipinski definition) is 2. The van der Waals surface area contributed by atoms with Gasteiger partial charge >= 0.3 is 0 Å². The molecule has 0 saturated heterocycles. The van der Waals surface area contributed by atoms with Crippen LogP contribution in [0.15, 0.2) is 47.4 Å². The fourth-order valence-electron chi connectivity index (χ4n) is 3.95. The highest BCUT2D eigenvalue weighted by molar-refractivity contribution is 8.00. The molecule has 0 saturated carbocycles. The summed E-state index contributed by atoms with van der Waals surface area (Å²) in [4.78, 5) is 25.6. The number of carbonyl (C=O) groups is 2. The summed E-state index contributed by atoms with van der Waals surface area (Å²) in [6, 6.07) is 13.1. The molecule has 2 amide bonds. The topological polar surface area (TPSA) is 88.9 Å². The van der Waals surface area contributed by atoms with Gasteiger partial charge in [0.15, 0.2) is 5.82 Å². The van der Waals surface area contributed by atoms with Crippen molar-refractivity contribution in [1.82, 2.24) is 14.8 Å². The Morgan fingerprint density at radius 2 is 1.97 bits per heavy atom. The van der Waals surface area contributed by atoms with E-state index in [1.165, 1.54) is 18.2 Å². The van der Waals surface area contributed by atoms with Gasteiger partial charge in [-0.05, 0) is 62.2 Å². The SMILES string of the molecule is C[C@H]1Sc2ccc(C(=O)Nc3ccc(-c4nnc5n4CCCCC5)cc3)cc2NC1=O. The van der Waals surface area contributed by atoms with Crippen molar-refractivity contribution in [1.29, 1.82) is 0 Å². The van der Waals surface area contributed by atoms with Crippen LogP contribution >= 0.6 is 11.8 Å². The number of hydrogen-bond acceptors (Lipinski definition) is 5. The van der Waals surface area contributed by atoms with Gasteiger partial charge in [0.1, 0.15) is 5.82 Å². The number of rotatable bonds is 3. The molecule has 0 aliphatic carbocycles. The average molecular weight is 434 g/mol. The lowest BCUT2D eigenvalue weighted by molar-refractivity contribution is -0.115. The van der Waals surface area contributed by atoms with E-state index in [0.717, 1.165) is 47.9 Å². The number of benzene rings is 2. The Bertz CT molecular complexity index is 1160. The lowest BCUT2D eigenvalue weighted by atomic mass is 10.1. The number of fused-ring (bicyclic) bond motifs is 2. The van der Waals surface area contributed by atoms with Crippen LogP contribution < -0.4 is 10.6 Å². The Kier molecular flexibility index (Phi) is 5.23. The summed E-state index contributed by atoms with van der Waals surface area (Å²) < 4.78 is 2.21. The molecule has 0 bridgehead atoms. The van der Waals surface area contributed by atoms with Crippen molar-refractivity contribution in [2.75, 3.05) is 10.6 Å². The lowest BCUT2D eigenvalue weighted by Crippen LogP contribution is -2.26. The Morgan fingerprint density at radius 1 is 1.13 bits per heavy atom. The van der Waals surface area contributed by atoms with Crippen LogP contribution in [-0.2, 0) is 17.8 Å². The van der Waals surface area contributed by atoms with Crippen molar-refractivity contribution >= 4 is 35.0 Å². The van der Waals surface area contributed by atoms with Gasteiger partial charge in [-0.15, -0.1) is 22.0 Å². The van der Waals surface area contributed by atoms with Crippen molar-refractivity contribution in [3.63, 3.8) is 0 Å². The molecule has 158 valence electrons. The van der Waals surface area contributed by atoms with Crippen molar-refractivity contribution < 1.29 is 9.59 Å². The molecule has 2 aliphatic rings. The first kappa shape index (κ1) is 19.8. The number of thioether (sulfide) groups is 1. The quantitative estimate of drug-likeness (QED) is 0.641. The zero-order chi connectivity index (χ0) is 21.4. The highest BCUT2D eigenvalue weighted by Gasteiger charge is 2.24. The maximum absolute atomic E-state index is 12.7. The molecule has 0 spiro atoms. The molecule has 3 aromatic rings. The Balaban J connectivity index is 1.31. The molecule has 0 radical (unpaired) electrons. The first-order valence-corrected chi connectivity index (χ1v) is 11.4. The number of nitrogens with one attached hydrogen (secondary N) is 2. The van der Waals surface area contributed by atoms with Crippen LogP contribution in [0.5, 0.6) is 0 Å².